The molecule has 2 N–H and O–H groups in total. The van der Waals surface area contributed by atoms with Gasteiger partial charge in [-0.2, -0.15) is 5.10 Å². The van der Waals surface area contributed by atoms with E-state index in [9.17, 15) is 0 Å². The van der Waals surface area contributed by atoms with Gasteiger partial charge in [-0.3, -0.25) is 4.68 Å². The fourth-order valence-electron chi connectivity index (χ4n) is 1.85. The van der Waals surface area contributed by atoms with Crippen molar-refractivity contribution in [3.63, 3.8) is 0 Å². The van der Waals surface area contributed by atoms with Gasteiger partial charge in [0.05, 0.1) is 30.1 Å². The molecule has 0 spiro atoms. The van der Waals surface area contributed by atoms with Gasteiger partial charge in [-0.25, -0.2) is 4.98 Å². The van der Waals surface area contributed by atoms with Crippen LogP contribution < -0.4 is 5.73 Å². The molecular formula is C12H15ClN4O. The van der Waals surface area contributed by atoms with E-state index in [0.29, 0.717) is 24.0 Å². The fraction of sp³-hybridized carbons (Fsp3) is 0.333. The molecule has 0 unspecified atom stereocenters. The topological polar surface area (TPSA) is 66.0 Å². The molecular weight excluding hydrogens is 252 g/mol. The predicted molar refractivity (Wildman–Crippen MR) is 71.5 cm³/mol. The van der Waals surface area contributed by atoms with E-state index in [4.69, 9.17) is 22.1 Å². The molecule has 2 heterocycles. The molecule has 2 rings (SSSR count). The number of hydrogen-bond donors (Lipinski definition) is 1. The molecule has 0 aliphatic rings. The Morgan fingerprint density at radius 2 is 2.28 bits per heavy atom. The van der Waals surface area contributed by atoms with E-state index in [1.54, 1.807) is 24.2 Å². The number of nitrogens with zero attached hydrogens (tertiary/aromatic N) is 3. The number of aromatic nitrogens is 3. The van der Waals surface area contributed by atoms with Gasteiger partial charge in [-0.1, -0.05) is 11.6 Å². The van der Waals surface area contributed by atoms with Gasteiger partial charge in [-0.05, 0) is 18.6 Å². The van der Waals surface area contributed by atoms with E-state index < -0.39 is 0 Å². The van der Waals surface area contributed by atoms with Gasteiger partial charge < -0.3 is 10.5 Å². The van der Waals surface area contributed by atoms with E-state index in [2.05, 4.69) is 10.1 Å². The number of nitrogen functional groups attached to an aromatic ring is 1. The van der Waals surface area contributed by atoms with Crippen molar-refractivity contribution in [2.75, 3.05) is 19.5 Å². The molecule has 2 aromatic rings. The maximum Gasteiger partial charge on any atom is 0.133 e. The van der Waals surface area contributed by atoms with Crippen molar-refractivity contribution in [3.8, 4) is 11.3 Å². The molecule has 96 valence electrons. The Hall–Kier alpha value is -1.59. The number of anilines is 1. The maximum absolute atomic E-state index is 6.19. The smallest absolute Gasteiger partial charge is 0.133 e. The molecule has 0 amide bonds. The summed E-state index contributed by atoms with van der Waals surface area (Å²) in [5.74, 6) is 0.455. The summed E-state index contributed by atoms with van der Waals surface area (Å²) < 4.78 is 6.84. The van der Waals surface area contributed by atoms with Gasteiger partial charge in [0.25, 0.3) is 0 Å². The lowest BCUT2D eigenvalue weighted by molar-refractivity contribution is 0.184. The van der Waals surface area contributed by atoms with Crippen LogP contribution in [0, 0.1) is 6.92 Å². The number of halogens is 1. The van der Waals surface area contributed by atoms with Crippen LogP contribution in [0.2, 0.25) is 5.02 Å². The zero-order valence-electron chi connectivity index (χ0n) is 10.4. The largest absolute Gasteiger partial charge is 0.383 e. The minimum Gasteiger partial charge on any atom is -0.383 e. The Morgan fingerprint density at radius 3 is 2.94 bits per heavy atom. The Kier molecular flexibility index (Phi) is 3.84. The third-order valence-electron chi connectivity index (χ3n) is 2.73. The Balaban J connectivity index is 2.52. The SMILES string of the molecule is COCCn1ncc(Cl)c1-c1c(C)ccnc1N. The van der Waals surface area contributed by atoms with Gasteiger partial charge in [0.2, 0.25) is 0 Å². The van der Waals surface area contributed by atoms with Crippen LogP contribution in [0.1, 0.15) is 5.56 Å². The predicted octanol–water partition coefficient (Wildman–Crippen LogP) is 2.14. The lowest BCUT2D eigenvalue weighted by Gasteiger charge is -2.11. The summed E-state index contributed by atoms with van der Waals surface area (Å²) in [7, 11) is 1.65. The second-order valence-electron chi connectivity index (χ2n) is 3.95. The highest BCUT2D eigenvalue weighted by molar-refractivity contribution is 6.33. The van der Waals surface area contributed by atoms with Gasteiger partial charge in [-0.15, -0.1) is 0 Å². The molecule has 0 aliphatic carbocycles. The second-order valence-corrected chi connectivity index (χ2v) is 4.35. The Bertz CT molecular complexity index is 533. The third-order valence-corrected chi connectivity index (χ3v) is 3.00. The summed E-state index contributed by atoms with van der Waals surface area (Å²) in [5, 5.41) is 4.80. The summed E-state index contributed by atoms with van der Waals surface area (Å²) in [4.78, 5) is 4.11. The van der Waals surface area contributed by atoms with Crippen LogP contribution in [0.4, 0.5) is 5.82 Å². The monoisotopic (exact) mass is 266 g/mol. The standard InChI is InChI=1S/C12H15ClN4O/c1-8-3-4-15-12(14)10(8)11-9(13)7-16-17(11)5-6-18-2/h3-4,7H,5-6H2,1-2H3,(H2,14,15). The summed E-state index contributed by atoms with van der Waals surface area (Å²) in [6.45, 7) is 3.15. The number of nitrogens with two attached hydrogens (primary N) is 1. The number of hydrogen-bond acceptors (Lipinski definition) is 4. The summed E-state index contributed by atoms with van der Waals surface area (Å²) >= 11 is 6.19. The number of rotatable bonds is 4. The third kappa shape index (κ3) is 2.32. The molecule has 0 aromatic carbocycles. The summed E-state index contributed by atoms with van der Waals surface area (Å²) in [6.07, 6.45) is 3.29. The Labute approximate surface area is 111 Å². The molecule has 0 radical (unpaired) electrons. The highest BCUT2D eigenvalue weighted by Crippen LogP contribution is 2.33. The van der Waals surface area contributed by atoms with E-state index in [1.165, 1.54) is 0 Å². The van der Waals surface area contributed by atoms with Crippen molar-refractivity contribution < 1.29 is 4.74 Å². The van der Waals surface area contributed by atoms with Crippen LogP contribution in [-0.4, -0.2) is 28.5 Å². The molecule has 0 bridgehead atoms. The summed E-state index contributed by atoms with van der Waals surface area (Å²) in [5.41, 5.74) is 8.57. The molecule has 0 fully saturated rings. The number of aryl methyl sites for hydroxylation is 1. The lowest BCUT2D eigenvalue weighted by Crippen LogP contribution is -2.09. The Morgan fingerprint density at radius 1 is 1.50 bits per heavy atom. The first-order chi connectivity index (χ1) is 8.65. The average molecular weight is 267 g/mol. The molecule has 5 nitrogen and oxygen atoms in total. The minimum absolute atomic E-state index is 0.455. The highest BCUT2D eigenvalue weighted by Gasteiger charge is 2.16. The molecule has 0 aliphatic heterocycles. The van der Waals surface area contributed by atoms with Crippen molar-refractivity contribution in [2.24, 2.45) is 0 Å². The average Bonchev–Trinajstić information content (AvgIpc) is 2.69. The van der Waals surface area contributed by atoms with Gasteiger partial charge in [0.15, 0.2) is 0 Å². The molecule has 0 saturated heterocycles. The van der Waals surface area contributed by atoms with Crippen molar-refractivity contribution in [1.29, 1.82) is 0 Å². The van der Waals surface area contributed by atoms with Crippen molar-refractivity contribution >= 4 is 17.4 Å². The van der Waals surface area contributed by atoms with Crippen LogP contribution in [0.15, 0.2) is 18.5 Å². The fourth-order valence-corrected chi connectivity index (χ4v) is 2.08. The zero-order chi connectivity index (χ0) is 13.1. The van der Waals surface area contributed by atoms with Gasteiger partial charge in [0.1, 0.15) is 5.82 Å². The van der Waals surface area contributed by atoms with Gasteiger partial charge >= 0.3 is 0 Å². The lowest BCUT2D eigenvalue weighted by atomic mass is 10.1. The van der Waals surface area contributed by atoms with E-state index in [-0.39, 0.29) is 0 Å². The molecule has 0 saturated carbocycles. The van der Waals surface area contributed by atoms with E-state index in [0.717, 1.165) is 16.8 Å². The molecule has 6 heteroatoms. The normalized spacial score (nSPS) is 10.8. The van der Waals surface area contributed by atoms with Crippen LogP contribution in [-0.2, 0) is 11.3 Å². The van der Waals surface area contributed by atoms with Crippen LogP contribution in [0.3, 0.4) is 0 Å². The number of ether oxygens (including phenoxy) is 1. The maximum atomic E-state index is 6.19. The first kappa shape index (κ1) is 12.9. The van der Waals surface area contributed by atoms with E-state index >= 15 is 0 Å². The quantitative estimate of drug-likeness (QED) is 0.921. The van der Waals surface area contributed by atoms with Crippen LogP contribution in [0.5, 0.6) is 0 Å². The minimum atomic E-state index is 0.455. The second kappa shape index (κ2) is 5.37. The van der Waals surface area contributed by atoms with Crippen molar-refractivity contribution in [3.05, 3.63) is 29.0 Å². The molecule has 2 aromatic heterocycles. The molecule has 0 atom stereocenters. The van der Waals surface area contributed by atoms with Crippen molar-refractivity contribution in [2.45, 2.75) is 13.5 Å². The van der Waals surface area contributed by atoms with E-state index in [1.807, 2.05) is 13.0 Å². The van der Waals surface area contributed by atoms with Crippen LogP contribution in [0.25, 0.3) is 11.3 Å². The van der Waals surface area contributed by atoms with Gasteiger partial charge in [0, 0.05) is 18.9 Å². The molecule has 18 heavy (non-hydrogen) atoms. The number of pyridine rings is 1. The highest BCUT2D eigenvalue weighted by atomic mass is 35.5. The first-order valence-corrected chi connectivity index (χ1v) is 5.94. The summed E-state index contributed by atoms with van der Waals surface area (Å²) in [6, 6.07) is 1.90. The number of methoxy groups -OCH3 is 1. The van der Waals surface area contributed by atoms with Crippen LogP contribution >= 0.6 is 11.6 Å². The first-order valence-electron chi connectivity index (χ1n) is 5.57. The van der Waals surface area contributed by atoms with Crippen molar-refractivity contribution in [1.82, 2.24) is 14.8 Å². The zero-order valence-corrected chi connectivity index (χ0v) is 11.1.